The molecule has 1 amide bonds. The van der Waals surface area contributed by atoms with Crippen molar-refractivity contribution in [2.45, 2.75) is 32.4 Å². The minimum atomic E-state index is -0.400. The molecule has 3 rings (SSSR count). The molecule has 0 bridgehead atoms. The molecule has 0 aromatic heterocycles. The van der Waals surface area contributed by atoms with Gasteiger partial charge in [0.05, 0.1) is 5.56 Å². The Bertz CT molecular complexity index is 802. The molecule has 4 nitrogen and oxygen atoms in total. The summed E-state index contributed by atoms with van der Waals surface area (Å²) in [7, 11) is 0. The van der Waals surface area contributed by atoms with E-state index >= 15 is 0 Å². The second-order valence-corrected chi connectivity index (χ2v) is 6.93. The highest BCUT2D eigenvalue weighted by molar-refractivity contribution is 6.15. The summed E-state index contributed by atoms with van der Waals surface area (Å²) in [5.74, 6) is -0.929. The zero-order valence-electron chi connectivity index (χ0n) is 15.0. The van der Waals surface area contributed by atoms with E-state index in [4.69, 9.17) is 0 Å². The lowest BCUT2D eigenvalue weighted by Crippen LogP contribution is -2.39. The van der Waals surface area contributed by atoms with Crippen molar-refractivity contribution in [3.8, 4) is 0 Å². The van der Waals surface area contributed by atoms with Crippen LogP contribution >= 0.6 is 0 Å². The zero-order chi connectivity index (χ0) is 18.7. The van der Waals surface area contributed by atoms with E-state index in [2.05, 4.69) is 24.1 Å². The van der Waals surface area contributed by atoms with Gasteiger partial charge in [0.15, 0.2) is 5.78 Å². The number of carbonyl (C=O) groups excluding carboxylic acids is 2. The number of likely N-dealkylation sites (tertiary alicyclic amines) is 1. The van der Waals surface area contributed by atoms with Crippen LogP contribution in [0, 0.1) is 5.82 Å². The van der Waals surface area contributed by atoms with Crippen LogP contribution in [0.2, 0.25) is 0 Å². The van der Waals surface area contributed by atoms with Crippen LogP contribution in [-0.2, 0) is 0 Å². The number of nitrogens with one attached hydrogen (secondary N) is 1. The van der Waals surface area contributed by atoms with E-state index in [1.807, 2.05) is 0 Å². The molecule has 0 radical (unpaired) electrons. The standard InChI is InChI=1S/C21H23FN2O2/c1-14(2)24-12-11-17(13-24)23-21(26)19-6-4-3-5-18(19)20(25)15-7-9-16(22)10-8-15/h3-10,14,17H,11-13H2,1-2H3,(H,23,26)/t17-/m0/s1. The van der Waals surface area contributed by atoms with Crippen LogP contribution in [0.4, 0.5) is 4.39 Å². The molecule has 1 atom stereocenters. The molecule has 5 heteroatoms. The first-order valence-corrected chi connectivity index (χ1v) is 8.90. The summed E-state index contributed by atoms with van der Waals surface area (Å²) in [5, 5.41) is 3.04. The lowest BCUT2D eigenvalue weighted by Gasteiger charge is -2.20. The Hall–Kier alpha value is -2.53. The molecule has 0 spiro atoms. The van der Waals surface area contributed by atoms with Crippen molar-refractivity contribution in [3.63, 3.8) is 0 Å². The number of ketones is 1. The summed E-state index contributed by atoms with van der Waals surface area (Å²) in [6, 6.07) is 12.6. The lowest BCUT2D eigenvalue weighted by molar-refractivity contribution is 0.0926. The minimum Gasteiger partial charge on any atom is -0.348 e. The molecule has 1 saturated heterocycles. The third-order valence-corrected chi connectivity index (χ3v) is 4.81. The normalized spacial score (nSPS) is 17.5. The molecule has 1 aliphatic rings. The number of benzene rings is 2. The maximum atomic E-state index is 13.1. The van der Waals surface area contributed by atoms with E-state index in [1.165, 1.54) is 24.3 Å². The number of rotatable bonds is 5. The average molecular weight is 354 g/mol. The van der Waals surface area contributed by atoms with E-state index in [0.29, 0.717) is 22.7 Å². The number of carbonyl (C=O) groups is 2. The first-order chi connectivity index (χ1) is 12.5. The molecule has 2 aromatic carbocycles. The number of halogens is 1. The molecule has 1 fully saturated rings. The maximum Gasteiger partial charge on any atom is 0.252 e. The van der Waals surface area contributed by atoms with Gasteiger partial charge in [0.25, 0.3) is 5.91 Å². The summed E-state index contributed by atoms with van der Waals surface area (Å²) < 4.78 is 13.1. The van der Waals surface area contributed by atoms with Gasteiger partial charge in [-0.05, 0) is 50.6 Å². The SMILES string of the molecule is CC(C)N1CC[C@H](NC(=O)c2ccccc2C(=O)c2ccc(F)cc2)C1. The van der Waals surface area contributed by atoms with Crippen molar-refractivity contribution in [1.82, 2.24) is 10.2 Å². The fraction of sp³-hybridized carbons (Fsp3) is 0.333. The fourth-order valence-corrected chi connectivity index (χ4v) is 3.27. The molecule has 1 aliphatic heterocycles. The van der Waals surface area contributed by atoms with E-state index < -0.39 is 5.82 Å². The van der Waals surface area contributed by atoms with Gasteiger partial charge in [-0.15, -0.1) is 0 Å². The van der Waals surface area contributed by atoms with Gasteiger partial charge in [0, 0.05) is 36.3 Å². The van der Waals surface area contributed by atoms with Crippen LogP contribution in [0.1, 0.15) is 46.5 Å². The first-order valence-electron chi connectivity index (χ1n) is 8.90. The number of nitrogens with zero attached hydrogens (tertiary/aromatic N) is 1. The van der Waals surface area contributed by atoms with Crippen LogP contribution in [0.3, 0.4) is 0 Å². The third kappa shape index (κ3) is 3.99. The molecule has 0 saturated carbocycles. The summed E-state index contributed by atoms with van der Waals surface area (Å²) in [5.41, 5.74) is 1.04. The second kappa shape index (κ2) is 7.79. The highest BCUT2D eigenvalue weighted by atomic mass is 19.1. The Balaban J connectivity index is 1.77. The van der Waals surface area contributed by atoms with Gasteiger partial charge in [-0.25, -0.2) is 4.39 Å². The smallest absolute Gasteiger partial charge is 0.252 e. The summed E-state index contributed by atoms with van der Waals surface area (Å²) in [6.07, 6.45) is 0.901. The van der Waals surface area contributed by atoms with Crippen molar-refractivity contribution < 1.29 is 14.0 Å². The van der Waals surface area contributed by atoms with E-state index in [0.717, 1.165) is 19.5 Å². The number of amides is 1. The monoisotopic (exact) mass is 354 g/mol. The third-order valence-electron chi connectivity index (χ3n) is 4.81. The Morgan fingerprint density at radius 3 is 2.35 bits per heavy atom. The zero-order valence-corrected chi connectivity index (χ0v) is 15.0. The molecular weight excluding hydrogens is 331 g/mol. The predicted octanol–water partition coefficient (Wildman–Crippen LogP) is 3.27. The first kappa shape index (κ1) is 18.3. The van der Waals surface area contributed by atoms with Gasteiger partial charge in [0.2, 0.25) is 0 Å². The molecule has 1 heterocycles. The summed E-state index contributed by atoms with van der Waals surface area (Å²) in [4.78, 5) is 27.8. The second-order valence-electron chi connectivity index (χ2n) is 6.93. The van der Waals surface area contributed by atoms with E-state index in [1.54, 1.807) is 24.3 Å². The molecule has 26 heavy (non-hydrogen) atoms. The minimum absolute atomic E-state index is 0.0823. The summed E-state index contributed by atoms with van der Waals surface area (Å²) >= 11 is 0. The topological polar surface area (TPSA) is 49.4 Å². The van der Waals surface area contributed by atoms with Crippen LogP contribution in [0.5, 0.6) is 0 Å². The van der Waals surface area contributed by atoms with Crippen molar-refractivity contribution in [3.05, 3.63) is 71.0 Å². The van der Waals surface area contributed by atoms with Crippen LogP contribution in [-0.4, -0.2) is 41.8 Å². The lowest BCUT2D eigenvalue weighted by atomic mass is 9.97. The molecular formula is C21H23FN2O2. The maximum absolute atomic E-state index is 13.1. The average Bonchev–Trinajstić information content (AvgIpc) is 3.10. The summed E-state index contributed by atoms with van der Waals surface area (Å²) in [6.45, 7) is 6.05. The van der Waals surface area contributed by atoms with Crippen molar-refractivity contribution >= 4 is 11.7 Å². The molecule has 136 valence electrons. The van der Waals surface area contributed by atoms with Crippen molar-refractivity contribution in [1.29, 1.82) is 0 Å². The van der Waals surface area contributed by atoms with Crippen molar-refractivity contribution in [2.24, 2.45) is 0 Å². The molecule has 0 unspecified atom stereocenters. The van der Waals surface area contributed by atoms with E-state index in [-0.39, 0.29) is 17.7 Å². The molecule has 1 N–H and O–H groups in total. The molecule has 0 aliphatic carbocycles. The number of hydrogen-bond donors (Lipinski definition) is 1. The van der Waals surface area contributed by atoms with Crippen molar-refractivity contribution in [2.75, 3.05) is 13.1 Å². The van der Waals surface area contributed by atoms with Gasteiger partial charge in [-0.2, -0.15) is 0 Å². The fourth-order valence-electron chi connectivity index (χ4n) is 3.27. The van der Waals surface area contributed by atoms with Gasteiger partial charge >= 0.3 is 0 Å². The number of hydrogen-bond acceptors (Lipinski definition) is 3. The van der Waals surface area contributed by atoms with Crippen LogP contribution < -0.4 is 5.32 Å². The Morgan fingerprint density at radius 2 is 1.73 bits per heavy atom. The quantitative estimate of drug-likeness (QED) is 0.839. The largest absolute Gasteiger partial charge is 0.348 e. The van der Waals surface area contributed by atoms with Gasteiger partial charge in [0.1, 0.15) is 5.82 Å². The molecule has 2 aromatic rings. The Kier molecular flexibility index (Phi) is 5.47. The Morgan fingerprint density at radius 1 is 1.08 bits per heavy atom. The van der Waals surface area contributed by atoms with Gasteiger partial charge in [-0.3, -0.25) is 14.5 Å². The van der Waals surface area contributed by atoms with Gasteiger partial charge < -0.3 is 5.32 Å². The van der Waals surface area contributed by atoms with Crippen LogP contribution in [0.25, 0.3) is 0 Å². The van der Waals surface area contributed by atoms with Gasteiger partial charge in [-0.1, -0.05) is 18.2 Å². The van der Waals surface area contributed by atoms with Crippen LogP contribution in [0.15, 0.2) is 48.5 Å². The highest BCUT2D eigenvalue weighted by Gasteiger charge is 2.27. The van der Waals surface area contributed by atoms with E-state index in [9.17, 15) is 14.0 Å². The predicted molar refractivity (Wildman–Crippen MR) is 98.9 cm³/mol. The highest BCUT2D eigenvalue weighted by Crippen LogP contribution is 2.17. The Labute approximate surface area is 153 Å².